The summed E-state index contributed by atoms with van der Waals surface area (Å²) < 4.78 is 12.6. The largest absolute Gasteiger partial charge is 0.490 e. The van der Waals surface area contributed by atoms with Crippen molar-refractivity contribution in [1.29, 1.82) is 0 Å². The van der Waals surface area contributed by atoms with Crippen molar-refractivity contribution in [2.75, 3.05) is 13.1 Å². The number of aryl methyl sites for hydroxylation is 2. The van der Waals surface area contributed by atoms with Gasteiger partial charge in [-0.3, -0.25) is 4.79 Å². The maximum atomic E-state index is 11.3. The Morgan fingerprint density at radius 3 is 2.65 bits per heavy atom. The lowest BCUT2D eigenvalue weighted by Crippen LogP contribution is -2.36. The van der Waals surface area contributed by atoms with Crippen LogP contribution in [-0.4, -0.2) is 25.1 Å². The summed E-state index contributed by atoms with van der Waals surface area (Å²) in [5.41, 5.74) is 9.14. The number of benzene rings is 2. The van der Waals surface area contributed by atoms with E-state index in [1.165, 1.54) is 16.7 Å². The van der Waals surface area contributed by atoms with Gasteiger partial charge in [0.15, 0.2) is 0 Å². The van der Waals surface area contributed by atoms with E-state index in [0.717, 1.165) is 56.6 Å². The molecule has 1 amide bonds. The van der Waals surface area contributed by atoms with Gasteiger partial charge in [0.1, 0.15) is 17.6 Å². The van der Waals surface area contributed by atoms with Gasteiger partial charge in [-0.2, -0.15) is 0 Å². The minimum Gasteiger partial charge on any atom is -0.490 e. The van der Waals surface area contributed by atoms with Crippen molar-refractivity contribution in [2.45, 2.75) is 57.7 Å². The normalized spacial score (nSPS) is 22.5. The summed E-state index contributed by atoms with van der Waals surface area (Å²) in [6.45, 7) is 2.93. The predicted octanol–water partition coefficient (Wildman–Crippen LogP) is 4.50. The van der Waals surface area contributed by atoms with Crippen LogP contribution in [0.2, 0.25) is 0 Å². The van der Waals surface area contributed by atoms with Crippen LogP contribution in [0.25, 0.3) is 0 Å². The van der Waals surface area contributed by atoms with Gasteiger partial charge in [0.25, 0.3) is 0 Å². The van der Waals surface area contributed by atoms with Crippen LogP contribution in [0.5, 0.6) is 11.5 Å². The van der Waals surface area contributed by atoms with Crippen LogP contribution >= 0.6 is 12.4 Å². The molecule has 1 aliphatic heterocycles. The van der Waals surface area contributed by atoms with E-state index >= 15 is 0 Å². The molecule has 1 atom stereocenters. The summed E-state index contributed by atoms with van der Waals surface area (Å²) >= 11 is 0. The van der Waals surface area contributed by atoms with E-state index in [-0.39, 0.29) is 37.1 Å². The Morgan fingerprint density at radius 1 is 1.13 bits per heavy atom. The third-order valence-electron chi connectivity index (χ3n) is 6.38. The number of nitrogens with two attached hydrogens (primary N) is 1. The molecule has 0 spiro atoms. The third kappa shape index (κ3) is 5.92. The number of fused-ring (bicyclic) bond motifs is 1. The van der Waals surface area contributed by atoms with Crippen LogP contribution in [0.4, 0.5) is 0 Å². The summed E-state index contributed by atoms with van der Waals surface area (Å²) in [5, 5.41) is 2.90. The fourth-order valence-electron chi connectivity index (χ4n) is 4.58. The molecule has 2 aromatic carbocycles. The van der Waals surface area contributed by atoms with E-state index in [1.54, 1.807) is 0 Å². The van der Waals surface area contributed by atoms with E-state index in [2.05, 4.69) is 48.6 Å². The molecule has 31 heavy (non-hydrogen) atoms. The van der Waals surface area contributed by atoms with Gasteiger partial charge in [-0.05, 0) is 86.3 Å². The molecule has 0 aromatic heterocycles. The zero-order valence-corrected chi connectivity index (χ0v) is 19.0. The molecular formula is C25H33ClN2O3. The quantitative estimate of drug-likeness (QED) is 0.688. The van der Waals surface area contributed by atoms with Gasteiger partial charge in [0, 0.05) is 6.54 Å². The molecule has 168 valence electrons. The molecule has 1 saturated carbocycles. The second-order valence-corrected chi connectivity index (χ2v) is 8.54. The molecule has 3 N–H and O–H groups in total. The summed E-state index contributed by atoms with van der Waals surface area (Å²) in [6.07, 6.45) is 6.54. The fraction of sp³-hybridized carbons (Fsp3) is 0.480. The number of carbonyl (C=O) groups is 1. The molecule has 1 aliphatic carbocycles. The highest BCUT2D eigenvalue weighted by Crippen LogP contribution is 2.38. The highest BCUT2D eigenvalue weighted by atomic mass is 35.5. The maximum Gasteiger partial charge on any atom is 0.233 e. The first-order valence-electron chi connectivity index (χ1n) is 11.1. The van der Waals surface area contributed by atoms with Gasteiger partial charge in [-0.15, -0.1) is 12.4 Å². The first-order chi connectivity index (χ1) is 14.6. The summed E-state index contributed by atoms with van der Waals surface area (Å²) in [6, 6.07) is 14.7. The third-order valence-corrected chi connectivity index (χ3v) is 6.38. The zero-order valence-electron chi connectivity index (χ0n) is 18.1. The molecule has 0 saturated heterocycles. The van der Waals surface area contributed by atoms with Crippen molar-refractivity contribution in [1.82, 2.24) is 5.32 Å². The first-order valence-corrected chi connectivity index (χ1v) is 11.1. The van der Waals surface area contributed by atoms with E-state index in [9.17, 15) is 4.79 Å². The Balaban J connectivity index is 0.00000272. The lowest BCUT2D eigenvalue weighted by Gasteiger charge is -2.30. The minimum atomic E-state index is -0.0747. The van der Waals surface area contributed by atoms with Crippen LogP contribution < -0.4 is 20.5 Å². The minimum absolute atomic E-state index is 0. The number of carbonyl (C=O) groups excluding carboxylic acids is 1. The Bertz CT molecular complexity index is 881. The molecule has 0 bridgehead atoms. The van der Waals surface area contributed by atoms with E-state index in [1.807, 2.05) is 6.07 Å². The van der Waals surface area contributed by atoms with Gasteiger partial charge in [-0.25, -0.2) is 0 Å². The van der Waals surface area contributed by atoms with Crippen molar-refractivity contribution in [3.63, 3.8) is 0 Å². The van der Waals surface area contributed by atoms with Crippen LogP contribution in [-0.2, 0) is 11.2 Å². The summed E-state index contributed by atoms with van der Waals surface area (Å²) in [5.74, 6) is 2.36. The number of amides is 1. The second kappa shape index (κ2) is 10.9. The van der Waals surface area contributed by atoms with Gasteiger partial charge in [-0.1, -0.05) is 24.3 Å². The Hall–Kier alpha value is -2.24. The van der Waals surface area contributed by atoms with Crippen LogP contribution in [0.15, 0.2) is 42.5 Å². The van der Waals surface area contributed by atoms with E-state index in [4.69, 9.17) is 15.2 Å². The van der Waals surface area contributed by atoms with Crippen LogP contribution in [0.1, 0.15) is 54.9 Å². The van der Waals surface area contributed by atoms with Gasteiger partial charge < -0.3 is 20.5 Å². The SMILES string of the molecule is Cc1ccccc1C1CCc2cc(OC3CCC(CNC(=O)CN)CC3)ccc2O1.Cl. The highest BCUT2D eigenvalue weighted by Gasteiger charge is 2.25. The van der Waals surface area contributed by atoms with Gasteiger partial charge in [0.2, 0.25) is 5.91 Å². The topological polar surface area (TPSA) is 73.6 Å². The monoisotopic (exact) mass is 444 g/mol. The van der Waals surface area contributed by atoms with Crippen molar-refractivity contribution in [3.05, 3.63) is 59.2 Å². The maximum absolute atomic E-state index is 11.3. The Kier molecular flexibility index (Phi) is 8.22. The average molecular weight is 445 g/mol. The molecule has 2 aliphatic rings. The van der Waals surface area contributed by atoms with E-state index < -0.39 is 0 Å². The number of halogens is 1. The fourth-order valence-corrected chi connectivity index (χ4v) is 4.58. The summed E-state index contributed by atoms with van der Waals surface area (Å²) in [7, 11) is 0. The molecular weight excluding hydrogens is 412 g/mol. The zero-order chi connectivity index (χ0) is 20.9. The lowest BCUT2D eigenvalue weighted by atomic mass is 9.87. The molecule has 1 fully saturated rings. The van der Waals surface area contributed by atoms with Crippen molar-refractivity contribution >= 4 is 18.3 Å². The van der Waals surface area contributed by atoms with E-state index in [0.29, 0.717) is 5.92 Å². The number of nitrogens with one attached hydrogen (secondary N) is 1. The predicted molar refractivity (Wildman–Crippen MR) is 125 cm³/mol. The van der Waals surface area contributed by atoms with Crippen molar-refractivity contribution in [3.8, 4) is 11.5 Å². The lowest BCUT2D eigenvalue weighted by molar-refractivity contribution is -0.119. The highest BCUT2D eigenvalue weighted by molar-refractivity contribution is 5.85. The Labute approximate surface area is 191 Å². The van der Waals surface area contributed by atoms with Crippen LogP contribution in [0, 0.1) is 12.8 Å². The number of rotatable bonds is 6. The molecule has 4 rings (SSSR count). The standard InChI is InChI=1S/C25H32N2O3.ClH/c1-17-4-2-3-5-22(17)24-12-8-19-14-21(11-13-23(19)30-24)29-20-9-6-18(7-10-20)16-27-25(28)15-26;/h2-5,11,13-14,18,20,24H,6-10,12,15-16,26H2,1H3,(H,27,28);1H. The molecule has 2 aromatic rings. The molecule has 6 heteroatoms. The van der Waals surface area contributed by atoms with Crippen molar-refractivity contribution in [2.24, 2.45) is 11.7 Å². The van der Waals surface area contributed by atoms with Crippen LogP contribution in [0.3, 0.4) is 0 Å². The molecule has 0 radical (unpaired) electrons. The van der Waals surface area contributed by atoms with Gasteiger partial charge in [0.05, 0.1) is 12.6 Å². The number of hydrogen-bond donors (Lipinski definition) is 2. The summed E-state index contributed by atoms with van der Waals surface area (Å²) in [4.78, 5) is 11.3. The molecule has 1 unspecified atom stereocenters. The first kappa shape index (κ1) is 23.4. The number of hydrogen-bond acceptors (Lipinski definition) is 4. The molecule has 5 nitrogen and oxygen atoms in total. The van der Waals surface area contributed by atoms with Gasteiger partial charge >= 0.3 is 0 Å². The average Bonchev–Trinajstić information content (AvgIpc) is 2.78. The smallest absolute Gasteiger partial charge is 0.233 e. The second-order valence-electron chi connectivity index (χ2n) is 8.54. The van der Waals surface area contributed by atoms with Crippen molar-refractivity contribution < 1.29 is 14.3 Å². The number of ether oxygens (including phenoxy) is 2. The Morgan fingerprint density at radius 2 is 1.90 bits per heavy atom. The molecule has 1 heterocycles.